The van der Waals surface area contributed by atoms with Crippen molar-refractivity contribution in [1.29, 1.82) is 0 Å². The Labute approximate surface area is 87.6 Å². The molecule has 1 aliphatic carbocycles. The van der Waals surface area contributed by atoms with Crippen molar-refractivity contribution >= 4 is 17.2 Å². The molecule has 1 amide bonds. The van der Waals surface area contributed by atoms with Crippen LogP contribution >= 0.6 is 11.3 Å². The summed E-state index contributed by atoms with van der Waals surface area (Å²) >= 11 is 1.59. The molecule has 0 atom stereocenters. The molecule has 76 valence electrons. The van der Waals surface area contributed by atoms with Gasteiger partial charge in [-0.1, -0.05) is 0 Å². The second kappa shape index (κ2) is 4.09. The van der Waals surface area contributed by atoms with E-state index < -0.39 is 0 Å². The first-order valence-corrected chi connectivity index (χ1v) is 5.79. The van der Waals surface area contributed by atoms with Gasteiger partial charge >= 0.3 is 0 Å². The van der Waals surface area contributed by atoms with Crippen molar-refractivity contribution in [3.8, 4) is 0 Å². The Morgan fingerprint density at radius 1 is 1.71 bits per heavy atom. The van der Waals surface area contributed by atoms with Crippen LogP contribution in [0.4, 0.5) is 0 Å². The Bertz CT molecular complexity index is 331. The van der Waals surface area contributed by atoms with Crippen LogP contribution in [-0.4, -0.2) is 17.4 Å². The van der Waals surface area contributed by atoms with Crippen LogP contribution in [-0.2, 0) is 11.2 Å². The predicted octanol–water partition coefficient (Wildman–Crippen LogP) is 1.52. The third-order valence-electron chi connectivity index (χ3n) is 2.29. The molecular weight excluding hydrogens is 196 g/mol. The number of thiazole rings is 1. The highest BCUT2D eigenvalue weighted by molar-refractivity contribution is 7.09. The Kier molecular flexibility index (Phi) is 2.82. The molecule has 0 aromatic carbocycles. The number of nitrogens with one attached hydrogen (secondary N) is 1. The molecule has 0 saturated heterocycles. The number of rotatable bonds is 4. The average molecular weight is 210 g/mol. The van der Waals surface area contributed by atoms with Crippen LogP contribution in [0.3, 0.4) is 0 Å². The SMILES string of the molecule is Cc1nc(CC(=O)NCC2CC2)cs1. The van der Waals surface area contributed by atoms with E-state index in [4.69, 9.17) is 0 Å². The maximum atomic E-state index is 11.4. The zero-order chi connectivity index (χ0) is 9.97. The van der Waals surface area contributed by atoms with Gasteiger partial charge in [0.1, 0.15) is 0 Å². The van der Waals surface area contributed by atoms with Crippen molar-refractivity contribution < 1.29 is 4.79 Å². The van der Waals surface area contributed by atoms with E-state index in [1.807, 2.05) is 12.3 Å². The summed E-state index contributed by atoms with van der Waals surface area (Å²) in [5.41, 5.74) is 0.890. The minimum atomic E-state index is 0.0993. The fourth-order valence-corrected chi connectivity index (χ4v) is 1.91. The zero-order valence-corrected chi connectivity index (χ0v) is 9.06. The highest BCUT2D eigenvalue weighted by atomic mass is 32.1. The summed E-state index contributed by atoms with van der Waals surface area (Å²) in [6.07, 6.45) is 2.98. The van der Waals surface area contributed by atoms with Gasteiger partial charge in [0.15, 0.2) is 0 Å². The van der Waals surface area contributed by atoms with Crippen LogP contribution in [0, 0.1) is 12.8 Å². The maximum absolute atomic E-state index is 11.4. The number of aromatic nitrogens is 1. The molecule has 0 spiro atoms. The fraction of sp³-hybridized carbons (Fsp3) is 0.600. The highest BCUT2D eigenvalue weighted by Crippen LogP contribution is 2.27. The lowest BCUT2D eigenvalue weighted by Gasteiger charge is -2.01. The molecule has 1 aromatic heterocycles. The molecule has 4 heteroatoms. The lowest BCUT2D eigenvalue weighted by Crippen LogP contribution is -2.27. The predicted molar refractivity (Wildman–Crippen MR) is 56.3 cm³/mol. The first-order valence-electron chi connectivity index (χ1n) is 4.92. The summed E-state index contributed by atoms with van der Waals surface area (Å²) < 4.78 is 0. The van der Waals surface area contributed by atoms with E-state index in [1.165, 1.54) is 12.8 Å². The summed E-state index contributed by atoms with van der Waals surface area (Å²) in [6.45, 7) is 2.80. The summed E-state index contributed by atoms with van der Waals surface area (Å²) in [7, 11) is 0. The third-order valence-corrected chi connectivity index (χ3v) is 3.12. The molecule has 1 heterocycles. The van der Waals surface area contributed by atoms with E-state index in [0.29, 0.717) is 6.42 Å². The number of hydrogen-bond acceptors (Lipinski definition) is 3. The molecule has 0 radical (unpaired) electrons. The summed E-state index contributed by atoms with van der Waals surface area (Å²) in [5.74, 6) is 0.846. The largest absolute Gasteiger partial charge is 0.355 e. The number of aryl methyl sites for hydroxylation is 1. The topological polar surface area (TPSA) is 42.0 Å². The average Bonchev–Trinajstić information content (AvgIpc) is 2.88. The first-order chi connectivity index (χ1) is 6.74. The Hall–Kier alpha value is -0.900. The van der Waals surface area contributed by atoms with Crippen molar-refractivity contribution in [3.05, 3.63) is 16.1 Å². The molecule has 1 N–H and O–H groups in total. The molecule has 14 heavy (non-hydrogen) atoms. The molecule has 1 aromatic rings. The third kappa shape index (κ3) is 2.80. The van der Waals surface area contributed by atoms with Crippen LogP contribution < -0.4 is 5.32 Å². The van der Waals surface area contributed by atoms with Gasteiger partial charge < -0.3 is 5.32 Å². The number of carbonyl (C=O) groups is 1. The van der Waals surface area contributed by atoms with Crippen molar-refractivity contribution in [2.75, 3.05) is 6.54 Å². The Morgan fingerprint density at radius 2 is 2.50 bits per heavy atom. The molecule has 1 fully saturated rings. The first kappa shape index (κ1) is 9.65. The number of hydrogen-bond donors (Lipinski definition) is 1. The maximum Gasteiger partial charge on any atom is 0.226 e. The van der Waals surface area contributed by atoms with Gasteiger partial charge in [0.2, 0.25) is 5.91 Å². The van der Waals surface area contributed by atoms with Gasteiger partial charge in [0, 0.05) is 11.9 Å². The molecule has 1 aliphatic rings. The standard InChI is InChI=1S/C10H14N2OS/c1-7-12-9(6-14-7)4-10(13)11-5-8-2-3-8/h6,8H,2-5H2,1H3,(H,11,13). The fourth-order valence-electron chi connectivity index (χ4n) is 1.30. The highest BCUT2D eigenvalue weighted by Gasteiger charge is 2.21. The van der Waals surface area contributed by atoms with Crippen molar-refractivity contribution in [2.24, 2.45) is 5.92 Å². The smallest absolute Gasteiger partial charge is 0.226 e. The number of carbonyl (C=O) groups excluding carboxylic acids is 1. The Morgan fingerprint density at radius 3 is 3.07 bits per heavy atom. The van der Waals surface area contributed by atoms with Gasteiger partial charge in [-0.3, -0.25) is 4.79 Å². The monoisotopic (exact) mass is 210 g/mol. The van der Waals surface area contributed by atoms with Crippen LogP contribution in [0.2, 0.25) is 0 Å². The molecule has 0 bridgehead atoms. The van der Waals surface area contributed by atoms with Crippen molar-refractivity contribution in [2.45, 2.75) is 26.2 Å². The Balaban J connectivity index is 1.75. The number of nitrogens with zero attached hydrogens (tertiary/aromatic N) is 1. The van der Waals surface area contributed by atoms with E-state index in [1.54, 1.807) is 11.3 Å². The summed E-state index contributed by atoms with van der Waals surface area (Å²) in [6, 6.07) is 0. The summed E-state index contributed by atoms with van der Waals surface area (Å²) in [4.78, 5) is 15.7. The quantitative estimate of drug-likeness (QED) is 0.818. The van der Waals surface area contributed by atoms with Gasteiger partial charge in [-0.15, -0.1) is 11.3 Å². The normalized spacial score (nSPS) is 15.5. The van der Waals surface area contributed by atoms with Crippen LogP contribution in [0.25, 0.3) is 0 Å². The van der Waals surface area contributed by atoms with Crippen molar-refractivity contribution in [1.82, 2.24) is 10.3 Å². The van der Waals surface area contributed by atoms with Crippen LogP contribution in [0.1, 0.15) is 23.5 Å². The van der Waals surface area contributed by atoms with Crippen LogP contribution in [0.5, 0.6) is 0 Å². The van der Waals surface area contributed by atoms with E-state index >= 15 is 0 Å². The molecule has 0 unspecified atom stereocenters. The molecule has 3 nitrogen and oxygen atoms in total. The van der Waals surface area contributed by atoms with E-state index in [-0.39, 0.29) is 5.91 Å². The van der Waals surface area contributed by atoms with Gasteiger partial charge in [-0.2, -0.15) is 0 Å². The molecular formula is C10H14N2OS. The summed E-state index contributed by atoms with van der Waals surface area (Å²) in [5, 5.41) is 5.90. The van der Waals surface area contributed by atoms with Crippen LogP contribution in [0.15, 0.2) is 5.38 Å². The molecule has 2 rings (SSSR count). The lowest BCUT2D eigenvalue weighted by atomic mass is 10.3. The minimum Gasteiger partial charge on any atom is -0.355 e. The van der Waals surface area contributed by atoms with Gasteiger partial charge in [0.05, 0.1) is 17.1 Å². The second-order valence-corrected chi connectivity index (χ2v) is 4.84. The van der Waals surface area contributed by atoms with E-state index in [2.05, 4.69) is 10.3 Å². The van der Waals surface area contributed by atoms with Crippen molar-refractivity contribution in [3.63, 3.8) is 0 Å². The van der Waals surface area contributed by atoms with E-state index in [9.17, 15) is 4.79 Å². The lowest BCUT2D eigenvalue weighted by molar-refractivity contribution is -0.120. The van der Waals surface area contributed by atoms with Gasteiger partial charge in [-0.25, -0.2) is 4.98 Å². The number of amides is 1. The van der Waals surface area contributed by atoms with E-state index in [0.717, 1.165) is 23.2 Å². The molecule has 0 aliphatic heterocycles. The minimum absolute atomic E-state index is 0.0993. The van der Waals surface area contributed by atoms with Gasteiger partial charge in [-0.05, 0) is 25.7 Å². The van der Waals surface area contributed by atoms with Gasteiger partial charge in [0.25, 0.3) is 0 Å². The second-order valence-electron chi connectivity index (χ2n) is 3.78. The molecule has 1 saturated carbocycles. The zero-order valence-electron chi connectivity index (χ0n) is 8.25.